The lowest BCUT2D eigenvalue weighted by atomic mass is 9.97. The number of aliphatic carboxylic acids is 1. The van der Waals surface area contributed by atoms with Gasteiger partial charge in [-0.05, 0) is 43.5 Å². The highest BCUT2D eigenvalue weighted by Gasteiger charge is 2.15. The Morgan fingerprint density at radius 1 is 1.30 bits per heavy atom. The molecule has 1 aromatic carbocycles. The zero-order valence-electron chi connectivity index (χ0n) is 11.6. The number of hydrogen-bond donors (Lipinski definition) is 2. The Morgan fingerprint density at radius 3 is 2.35 bits per heavy atom. The Labute approximate surface area is 121 Å². The lowest BCUT2D eigenvalue weighted by molar-refractivity contribution is -0.130. The van der Waals surface area contributed by atoms with Gasteiger partial charge in [-0.1, -0.05) is 17.7 Å². The third-order valence-corrected chi connectivity index (χ3v) is 3.73. The summed E-state index contributed by atoms with van der Waals surface area (Å²) in [6.07, 6.45) is 1.67. The fraction of sp³-hybridized carbons (Fsp3) is 0.200. The van der Waals surface area contributed by atoms with Gasteiger partial charge in [0.25, 0.3) is 0 Å². The van der Waals surface area contributed by atoms with Crippen LogP contribution in [0.1, 0.15) is 27.9 Å². The van der Waals surface area contributed by atoms with E-state index in [9.17, 15) is 9.90 Å². The highest BCUT2D eigenvalue weighted by Crippen LogP contribution is 2.25. The lowest BCUT2D eigenvalue weighted by Crippen LogP contribution is -2.01. The molecule has 0 aliphatic rings. The zero-order chi connectivity index (χ0) is 14.9. The molecule has 0 aliphatic carbocycles. The number of nitrogens with two attached hydrogens (primary N) is 1. The van der Waals surface area contributed by atoms with E-state index in [1.54, 1.807) is 11.5 Å². The van der Waals surface area contributed by atoms with Gasteiger partial charge in [0.2, 0.25) is 0 Å². The van der Waals surface area contributed by atoms with Crippen LogP contribution in [0.5, 0.6) is 0 Å². The SMILES string of the molecule is Cc1cc(C)c(/C=C(\C(=O)O)c2csc(N)n2)c(C)c1. The van der Waals surface area contributed by atoms with Crippen molar-refractivity contribution in [3.8, 4) is 0 Å². The van der Waals surface area contributed by atoms with Crippen LogP contribution >= 0.6 is 11.3 Å². The van der Waals surface area contributed by atoms with Crippen molar-refractivity contribution in [3.05, 3.63) is 45.5 Å². The van der Waals surface area contributed by atoms with E-state index in [1.165, 1.54) is 11.3 Å². The smallest absolute Gasteiger partial charge is 0.337 e. The molecule has 0 unspecified atom stereocenters. The first kappa shape index (κ1) is 14.3. The summed E-state index contributed by atoms with van der Waals surface area (Å²) < 4.78 is 0. The molecule has 2 rings (SSSR count). The van der Waals surface area contributed by atoms with E-state index in [2.05, 4.69) is 4.98 Å². The van der Waals surface area contributed by atoms with Gasteiger partial charge in [-0.15, -0.1) is 11.3 Å². The van der Waals surface area contributed by atoms with Gasteiger partial charge in [0, 0.05) is 5.38 Å². The van der Waals surface area contributed by atoms with Crippen molar-refractivity contribution in [2.24, 2.45) is 0 Å². The molecule has 104 valence electrons. The van der Waals surface area contributed by atoms with Crippen LogP contribution in [-0.4, -0.2) is 16.1 Å². The Balaban J connectivity index is 2.58. The molecule has 5 heteroatoms. The normalized spacial score (nSPS) is 11.7. The predicted octanol–water partition coefficient (Wildman–Crippen LogP) is 3.28. The molecule has 0 spiro atoms. The number of thiazole rings is 1. The number of aromatic nitrogens is 1. The van der Waals surface area contributed by atoms with Gasteiger partial charge in [0.1, 0.15) is 0 Å². The highest BCUT2D eigenvalue weighted by molar-refractivity contribution is 7.13. The van der Waals surface area contributed by atoms with E-state index in [0.717, 1.165) is 22.3 Å². The molecule has 1 heterocycles. The van der Waals surface area contributed by atoms with Gasteiger partial charge in [-0.3, -0.25) is 0 Å². The molecule has 1 aromatic heterocycles. The third kappa shape index (κ3) is 2.88. The van der Waals surface area contributed by atoms with E-state index >= 15 is 0 Å². The number of nitrogens with zero attached hydrogens (tertiary/aromatic N) is 1. The van der Waals surface area contributed by atoms with E-state index < -0.39 is 5.97 Å². The number of rotatable bonds is 3. The van der Waals surface area contributed by atoms with E-state index in [-0.39, 0.29) is 5.57 Å². The topological polar surface area (TPSA) is 76.2 Å². The van der Waals surface area contributed by atoms with Crippen LogP contribution in [0.2, 0.25) is 0 Å². The molecule has 0 saturated carbocycles. The largest absolute Gasteiger partial charge is 0.478 e. The summed E-state index contributed by atoms with van der Waals surface area (Å²) in [6, 6.07) is 4.07. The minimum absolute atomic E-state index is 0.160. The molecule has 20 heavy (non-hydrogen) atoms. The Bertz CT molecular complexity index is 679. The molecule has 0 fully saturated rings. The summed E-state index contributed by atoms with van der Waals surface area (Å²) in [7, 11) is 0. The summed E-state index contributed by atoms with van der Waals surface area (Å²) >= 11 is 1.23. The van der Waals surface area contributed by atoms with E-state index in [4.69, 9.17) is 5.73 Å². The lowest BCUT2D eigenvalue weighted by Gasteiger charge is -2.08. The van der Waals surface area contributed by atoms with Crippen LogP contribution in [0.4, 0.5) is 5.13 Å². The zero-order valence-corrected chi connectivity index (χ0v) is 12.4. The first-order valence-electron chi connectivity index (χ1n) is 6.12. The molecular weight excluding hydrogens is 272 g/mol. The quantitative estimate of drug-likeness (QED) is 0.850. The number of carboxylic acids is 1. The van der Waals surface area contributed by atoms with Crippen molar-refractivity contribution >= 4 is 34.1 Å². The van der Waals surface area contributed by atoms with Crippen molar-refractivity contribution in [1.29, 1.82) is 0 Å². The standard InChI is InChI=1S/C15H16N2O2S/c1-8-4-9(2)11(10(3)5-8)6-12(14(18)19)13-7-20-15(16)17-13/h4-7H,1-3H3,(H2,16,17)(H,18,19)/b12-6-. The van der Waals surface area contributed by atoms with Crippen molar-refractivity contribution in [2.75, 3.05) is 5.73 Å². The molecule has 0 aliphatic heterocycles. The summed E-state index contributed by atoms with van der Waals surface area (Å²) in [6.45, 7) is 5.97. The number of benzene rings is 1. The van der Waals surface area contributed by atoms with Crippen LogP contribution in [0.3, 0.4) is 0 Å². The average Bonchev–Trinajstić information content (AvgIpc) is 2.74. The summed E-state index contributed by atoms with van der Waals surface area (Å²) in [5.41, 5.74) is 10.3. The number of carboxylic acid groups (broad SMARTS) is 1. The second kappa shape index (κ2) is 5.46. The maximum Gasteiger partial charge on any atom is 0.337 e. The first-order valence-corrected chi connectivity index (χ1v) is 7.00. The minimum atomic E-state index is -1.00. The van der Waals surface area contributed by atoms with Gasteiger partial charge >= 0.3 is 5.97 Å². The van der Waals surface area contributed by atoms with Gasteiger partial charge in [-0.25, -0.2) is 9.78 Å². The van der Waals surface area contributed by atoms with Crippen LogP contribution < -0.4 is 5.73 Å². The fourth-order valence-electron chi connectivity index (χ4n) is 2.22. The molecule has 0 saturated heterocycles. The summed E-state index contributed by atoms with van der Waals surface area (Å²) in [5.74, 6) is -1.00. The highest BCUT2D eigenvalue weighted by atomic mass is 32.1. The second-order valence-corrected chi connectivity index (χ2v) is 5.64. The number of anilines is 1. The molecule has 0 amide bonds. The maximum atomic E-state index is 11.5. The van der Waals surface area contributed by atoms with Gasteiger partial charge in [0.05, 0.1) is 11.3 Å². The molecule has 2 aromatic rings. The number of nitrogen functional groups attached to an aromatic ring is 1. The fourth-order valence-corrected chi connectivity index (χ4v) is 2.78. The minimum Gasteiger partial charge on any atom is -0.478 e. The van der Waals surface area contributed by atoms with Crippen molar-refractivity contribution < 1.29 is 9.90 Å². The first-order chi connectivity index (χ1) is 9.38. The molecule has 3 N–H and O–H groups in total. The Hall–Kier alpha value is -2.14. The molecule has 0 bridgehead atoms. The number of aryl methyl sites for hydroxylation is 3. The van der Waals surface area contributed by atoms with Crippen LogP contribution in [0.15, 0.2) is 17.5 Å². The summed E-state index contributed by atoms with van der Waals surface area (Å²) in [4.78, 5) is 15.5. The van der Waals surface area contributed by atoms with Crippen molar-refractivity contribution in [2.45, 2.75) is 20.8 Å². The predicted molar refractivity (Wildman–Crippen MR) is 82.7 cm³/mol. The van der Waals surface area contributed by atoms with Gasteiger partial charge < -0.3 is 10.8 Å². The Morgan fingerprint density at radius 2 is 1.90 bits per heavy atom. The van der Waals surface area contributed by atoms with Gasteiger partial charge in [-0.2, -0.15) is 0 Å². The van der Waals surface area contributed by atoms with Crippen LogP contribution in [-0.2, 0) is 4.79 Å². The van der Waals surface area contributed by atoms with Crippen LogP contribution in [0.25, 0.3) is 11.6 Å². The maximum absolute atomic E-state index is 11.5. The molecular formula is C15H16N2O2S. The second-order valence-electron chi connectivity index (χ2n) is 4.75. The molecule has 4 nitrogen and oxygen atoms in total. The van der Waals surface area contributed by atoms with Crippen molar-refractivity contribution in [1.82, 2.24) is 4.98 Å². The molecule has 0 atom stereocenters. The van der Waals surface area contributed by atoms with Crippen molar-refractivity contribution in [3.63, 3.8) is 0 Å². The molecule has 0 radical (unpaired) electrons. The van der Waals surface area contributed by atoms with E-state index in [0.29, 0.717) is 10.8 Å². The third-order valence-electron chi connectivity index (χ3n) is 3.06. The summed E-state index contributed by atoms with van der Waals surface area (Å²) in [5, 5.41) is 11.4. The Kier molecular flexibility index (Phi) is 3.90. The average molecular weight is 288 g/mol. The number of carbonyl (C=O) groups is 1. The monoisotopic (exact) mass is 288 g/mol. The van der Waals surface area contributed by atoms with Crippen LogP contribution in [0, 0.1) is 20.8 Å². The number of hydrogen-bond acceptors (Lipinski definition) is 4. The van der Waals surface area contributed by atoms with Gasteiger partial charge in [0.15, 0.2) is 5.13 Å². The van der Waals surface area contributed by atoms with E-state index in [1.807, 2.05) is 32.9 Å².